The normalized spacial score (nSPS) is 10.1. The van der Waals surface area contributed by atoms with Crippen LogP contribution < -0.4 is 10.6 Å². The number of hydrogen-bond donors (Lipinski definition) is 2. The molecule has 0 spiro atoms. The molecule has 8 heteroatoms. The van der Waals surface area contributed by atoms with Crippen molar-refractivity contribution in [3.63, 3.8) is 0 Å². The predicted molar refractivity (Wildman–Crippen MR) is 70.3 cm³/mol. The van der Waals surface area contributed by atoms with E-state index in [-0.39, 0.29) is 17.8 Å². The number of nitro groups is 1. The van der Waals surface area contributed by atoms with Crippen molar-refractivity contribution in [2.75, 3.05) is 12.4 Å². The number of benzene rings is 1. The Balaban J connectivity index is 2.13. The summed E-state index contributed by atoms with van der Waals surface area (Å²) in [5.41, 5.74) is 0.975. The third-order valence-corrected chi connectivity index (χ3v) is 2.65. The first-order valence-electron chi connectivity index (χ1n) is 5.75. The van der Waals surface area contributed by atoms with Crippen molar-refractivity contribution >= 4 is 17.3 Å². The van der Waals surface area contributed by atoms with Gasteiger partial charge in [0.25, 0.3) is 11.6 Å². The Kier molecular flexibility index (Phi) is 3.94. The van der Waals surface area contributed by atoms with Crippen molar-refractivity contribution in [1.82, 2.24) is 10.5 Å². The Morgan fingerprint density at radius 1 is 1.45 bits per heavy atom. The van der Waals surface area contributed by atoms with Crippen molar-refractivity contribution in [3.05, 3.63) is 51.9 Å². The number of aromatic nitrogens is 1. The lowest BCUT2D eigenvalue weighted by molar-refractivity contribution is -0.384. The van der Waals surface area contributed by atoms with Crippen LogP contribution in [0.5, 0.6) is 0 Å². The average Bonchev–Trinajstić information content (AvgIpc) is 2.97. The van der Waals surface area contributed by atoms with E-state index in [1.165, 1.54) is 24.5 Å². The van der Waals surface area contributed by atoms with Crippen LogP contribution in [0, 0.1) is 10.1 Å². The first kappa shape index (κ1) is 13.5. The first-order valence-corrected chi connectivity index (χ1v) is 5.75. The van der Waals surface area contributed by atoms with E-state index < -0.39 is 10.8 Å². The number of nitro benzene ring substituents is 1. The molecule has 1 heterocycles. The second kappa shape index (κ2) is 5.83. The van der Waals surface area contributed by atoms with Gasteiger partial charge in [0.15, 0.2) is 0 Å². The van der Waals surface area contributed by atoms with Crippen LogP contribution >= 0.6 is 0 Å². The Morgan fingerprint density at radius 2 is 2.25 bits per heavy atom. The van der Waals surface area contributed by atoms with Crippen LogP contribution in [0.2, 0.25) is 0 Å². The van der Waals surface area contributed by atoms with Crippen molar-refractivity contribution in [3.8, 4) is 0 Å². The molecule has 2 aromatic rings. The monoisotopic (exact) mass is 276 g/mol. The maximum Gasteiger partial charge on any atom is 0.293 e. The third kappa shape index (κ3) is 2.91. The molecule has 0 unspecified atom stereocenters. The number of amides is 1. The minimum absolute atomic E-state index is 0.151. The summed E-state index contributed by atoms with van der Waals surface area (Å²) in [5.74, 6) is -0.418. The van der Waals surface area contributed by atoms with Gasteiger partial charge in [0.2, 0.25) is 0 Å². The zero-order valence-electron chi connectivity index (χ0n) is 10.6. The second-order valence-electron chi connectivity index (χ2n) is 3.91. The number of carbonyl (C=O) groups excluding carboxylic acids is 1. The van der Waals surface area contributed by atoms with Crippen LogP contribution in [-0.2, 0) is 6.54 Å². The number of anilines is 1. The Labute approximate surface area is 113 Å². The molecule has 1 aromatic heterocycles. The number of nitrogens with one attached hydrogen (secondary N) is 2. The van der Waals surface area contributed by atoms with E-state index in [1.807, 2.05) is 0 Å². The van der Waals surface area contributed by atoms with Gasteiger partial charge in [0, 0.05) is 24.7 Å². The molecule has 0 fully saturated rings. The fourth-order valence-electron chi connectivity index (χ4n) is 1.64. The van der Waals surface area contributed by atoms with Gasteiger partial charge in [0.05, 0.1) is 11.5 Å². The number of rotatable bonds is 5. The Bertz CT molecular complexity index is 624. The summed E-state index contributed by atoms with van der Waals surface area (Å²) in [6, 6.07) is 5.84. The lowest BCUT2D eigenvalue weighted by Gasteiger charge is -2.06. The van der Waals surface area contributed by atoms with Gasteiger partial charge in [-0.15, -0.1) is 0 Å². The molecule has 104 valence electrons. The molecule has 0 radical (unpaired) electrons. The molecule has 0 saturated heterocycles. The van der Waals surface area contributed by atoms with E-state index in [1.54, 1.807) is 13.1 Å². The molecule has 0 saturated carbocycles. The van der Waals surface area contributed by atoms with Crippen molar-refractivity contribution < 1.29 is 14.2 Å². The van der Waals surface area contributed by atoms with E-state index in [0.717, 1.165) is 0 Å². The van der Waals surface area contributed by atoms with Gasteiger partial charge < -0.3 is 15.2 Å². The summed E-state index contributed by atoms with van der Waals surface area (Å²) in [7, 11) is 1.58. The van der Waals surface area contributed by atoms with E-state index in [0.29, 0.717) is 11.4 Å². The molecule has 2 rings (SSSR count). The molecule has 0 aliphatic carbocycles. The number of nitrogens with zero attached hydrogens (tertiary/aromatic N) is 2. The lowest BCUT2D eigenvalue weighted by atomic mass is 10.1. The Hall–Kier alpha value is -2.90. The van der Waals surface area contributed by atoms with Crippen LogP contribution in [0.3, 0.4) is 0 Å². The van der Waals surface area contributed by atoms with E-state index >= 15 is 0 Å². The third-order valence-electron chi connectivity index (χ3n) is 2.65. The van der Waals surface area contributed by atoms with Crippen LogP contribution in [0.4, 0.5) is 11.4 Å². The van der Waals surface area contributed by atoms with E-state index in [9.17, 15) is 14.9 Å². The van der Waals surface area contributed by atoms with Crippen LogP contribution in [0.15, 0.2) is 35.1 Å². The fraction of sp³-hybridized carbons (Fsp3) is 0.167. The highest BCUT2D eigenvalue weighted by molar-refractivity contribution is 5.95. The van der Waals surface area contributed by atoms with Gasteiger partial charge in [-0.2, -0.15) is 0 Å². The van der Waals surface area contributed by atoms with Crippen molar-refractivity contribution in [1.29, 1.82) is 0 Å². The fourth-order valence-corrected chi connectivity index (χ4v) is 1.64. The summed E-state index contributed by atoms with van der Waals surface area (Å²) in [4.78, 5) is 22.3. The highest BCUT2D eigenvalue weighted by atomic mass is 16.6. The van der Waals surface area contributed by atoms with Crippen molar-refractivity contribution in [2.24, 2.45) is 0 Å². The molecule has 0 aliphatic rings. The largest absolute Gasteiger partial charge is 0.383 e. The van der Waals surface area contributed by atoms with Gasteiger partial charge in [0.1, 0.15) is 17.6 Å². The number of carbonyl (C=O) groups is 1. The van der Waals surface area contributed by atoms with E-state index in [2.05, 4.69) is 20.3 Å². The van der Waals surface area contributed by atoms with Crippen LogP contribution in [0.1, 0.15) is 16.1 Å². The highest BCUT2D eigenvalue weighted by Crippen LogP contribution is 2.24. The predicted octanol–water partition coefficient (Wildman–Crippen LogP) is 1.55. The van der Waals surface area contributed by atoms with Crippen molar-refractivity contribution in [2.45, 2.75) is 6.54 Å². The molecule has 8 nitrogen and oxygen atoms in total. The van der Waals surface area contributed by atoms with E-state index in [4.69, 9.17) is 0 Å². The molecule has 0 bridgehead atoms. The summed E-state index contributed by atoms with van der Waals surface area (Å²) >= 11 is 0. The van der Waals surface area contributed by atoms with Crippen LogP contribution in [-0.4, -0.2) is 23.0 Å². The standard InChI is InChI=1S/C12H12N4O4/c1-13-10-3-2-8(6-11(10)16(18)19)12(17)14-7-9-4-5-20-15-9/h2-6,13H,7H2,1H3,(H,14,17). The molecule has 2 N–H and O–H groups in total. The second-order valence-corrected chi connectivity index (χ2v) is 3.91. The maximum absolute atomic E-state index is 11.9. The minimum Gasteiger partial charge on any atom is -0.383 e. The molecule has 20 heavy (non-hydrogen) atoms. The van der Waals surface area contributed by atoms with Gasteiger partial charge in [-0.1, -0.05) is 5.16 Å². The zero-order chi connectivity index (χ0) is 14.5. The quantitative estimate of drug-likeness (QED) is 0.633. The van der Waals surface area contributed by atoms with Gasteiger partial charge >= 0.3 is 0 Å². The lowest BCUT2D eigenvalue weighted by Crippen LogP contribution is -2.23. The summed E-state index contributed by atoms with van der Waals surface area (Å²) in [6.45, 7) is 0.191. The molecule has 1 aromatic carbocycles. The van der Waals surface area contributed by atoms with Gasteiger partial charge in [-0.25, -0.2) is 0 Å². The average molecular weight is 276 g/mol. The highest BCUT2D eigenvalue weighted by Gasteiger charge is 2.16. The summed E-state index contributed by atoms with van der Waals surface area (Å²) in [5, 5.41) is 19.9. The zero-order valence-corrected chi connectivity index (χ0v) is 10.6. The Morgan fingerprint density at radius 3 is 2.85 bits per heavy atom. The van der Waals surface area contributed by atoms with Crippen LogP contribution in [0.25, 0.3) is 0 Å². The molecular formula is C12H12N4O4. The molecule has 0 aliphatic heterocycles. The number of hydrogen-bond acceptors (Lipinski definition) is 6. The minimum atomic E-state index is -0.541. The topological polar surface area (TPSA) is 110 Å². The molecular weight excluding hydrogens is 264 g/mol. The first-order chi connectivity index (χ1) is 9.61. The van der Waals surface area contributed by atoms with Gasteiger partial charge in [-0.05, 0) is 12.1 Å². The summed E-state index contributed by atoms with van der Waals surface area (Å²) < 4.78 is 4.63. The molecule has 0 atom stereocenters. The SMILES string of the molecule is CNc1ccc(C(=O)NCc2ccon2)cc1[N+](=O)[O-]. The van der Waals surface area contributed by atoms with Gasteiger partial charge in [-0.3, -0.25) is 14.9 Å². The molecule has 1 amide bonds. The maximum atomic E-state index is 11.9. The summed E-state index contributed by atoms with van der Waals surface area (Å²) in [6.07, 6.45) is 1.40. The smallest absolute Gasteiger partial charge is 0.293 e.